The number of nitrogens with zero attached hydrogens (tertiary/aromatic N) is 4. The predicted molar refractivity (Wildman–Crippen MR) is 87.7 cm³/mol. The lowest BCUT2D eigenvalue weighted by atomic mass is 10.0. The summed E-state index contributed by atoms with van der Waals surface area (Å²) >= 11 is 1.52. The molecule has 22 heavy (non-hydrogen) atoms. The second kappa shape index (κ2) is 4.97. The molecule has 3 heterocycles. The van der Waals surface area contributed by atoms with Gasteiger partial charge in [-0.3, -0.25) is 0 Å². The van der Waals surface area contributed by atoms with Crippen LogP contribution in [0.4, 0.5) is 10.8 Å². The van der Waals surface area contributed by atoms with Crippen LogP contribution in [0, 0.1) is 11.3 Å². The number of benzene rings is 1. The summed E-state index contributed by atoms with van der Waals surface area (Å²) in [5.74, 6) is 0.946. The van der Waals surface area contributed by atoms with Gasteiger partial charge in [-0.2, -0.15) is 5.26 Å². The van der Waals surface area contributed by atoms with Gasteiger partial charge in [0, 0.05) is 16.8 Å². The molecule has 0 saturated heterocycles. The normalized spacial score (nSPS) is 13.9. The van der Waals surface area contributed by atoms with E-state index in [9.17, 15) is 5.26 Å². The Hall–Kier alpha value is -2.65. The number of anilines is 2. The van der Waals surface area contributed by atoms with Crippen molar-refractivity contribution in [1.29, 1.82) is 5.26 Å². The first-order valence-corrected chi connectivity index (χ1v) is 7.84. The van der Waals surface area contributed by atoms with Gasteiger partial charge < -0.3 is 10.6 Å². The molecule has 0 amide bonds. The highest BCUT2D eigenvalue weighted by molar-refractivity contribution is 7.16. The maximum atomic E-state index is 9.23. The molecule has 0 unspecified atom stereocenters. The summed E-state index contributed by atoms with van der Waals surface area (Å²) in [6.45, 7) is 1.58. The second-order valence-corrected chi connectivity index (χ2v) is 6.38. The summed E-state index contributed by atoms with van der Waals surface area (Å²) in [7, 11) is 0. The molecule has 1 aromatic carbocycles. The molecule has 6 heteroatoms. The van der Waals surface area contributed by atoms with E-state index in [0.29, 0.717) is 10.6 Å². The number of nitrogens with two attached hydrogens (primary N) is 1. The number of aromatic nitrogens is 2. The molecule has 1 aliphatic heterocycles. The highest BCUT2D eigenvalue weighted by Crippen LogP contribution is 2.36. The van der Waals surface area contributed by atoms with Gasteiger partial charge in [-0.25, -0.2) is 9.97 Å². The van der Waals surface area contributed by atoms with Gasteiger partial charge in [-0.15, -0.1) is 11.3 Å². The SMILES string of the molecule is N#Cc1c(N)sc2c1CCN(c1ncnc3ccccc13)C2. The quantitative estimate of drug-likeness (QED) is 0.748. The molecule has 1 aliphatic rings. The van der Waals surface area contributed by atoms with Crippen LogP contribution in [0.5, 0.6) is 0 Å². The number of rotatable bonds is 1. The van der Waals surface area contributed by atoms with Crippen molar-refractivity contribution in [3.63, 3.8) is 0 Å². The summed E-state index contributed by atoms with van der Waals surface area (Å²) in [5, 5.41) is 10.9. The van der Waals surface area contributed by atoms with Gasteiger partial charge in [0.25, 0.3) is 0 Å². The predicted octanol–water partition coefficient (Wildman–Crippen LogP) is 2.71. The van der Waals surface area contributed by atoms with Crippen LogP contribution in [-0.2, 0) is 13.0 Å². The maximum absolute atomic E-state index is 9.23. The number of nitrogen functional groups attached to an aromatic ring is 1. The summed E-state index contributed by atoms with van der Waals surface area (Å²) in [4.78, 5) is 12.2. The smallest absolute Gasteiger partial charge is 0.140 e. The monoisotopic (exact) mass is 307 g/mol. The molecule has 5 nitrogen and oxygen atoms in total. The van der Waals surface area contributed by atoms with Crippen LogP contribution in [0.3, 0.4) is 0 Å². The molecule has 0 radical (unpaired) electrons. The molecule has 2 aromatic heterocycles. The van der Waals surface area contributed by atoms with Crippen LogP contribution in [-0.4, -0.2) is 16.5 Å². The van der Waals surface area contributed by atoms with E-state index in [1.54, 1.807) is 6.33 Å². The van der Waals surface area contributed by atoms with E-state index in [2.05, 4.69) is 20.9 Å². The Kier molecular flexibility index (Phi) is 2.94. The number of fused-ring (bicyclic) bond motifs is 2. The zero-order chi connectivity index (χ0) is 15.1. The minimum Gasteiger partial charge on any atom is -0.389 e. The highest BCUT2D eigenvalue weighted by atomic mass is 32.1. The number of hydrogen-bond donors (Lipinski definition) is 1. The van der Waals surface area contributed by atoms with E-state index in [0.717, 1.165) is 41.8 Å². The van der Waals surface area contributed by atoms with Crippen molar-refractivity contribution in [1.82, 2.24) is 9.97 Å². The van der Waals surface area contributed by atoms with Gasteiger partial charge in [-0.1, -0.05) is 12.1 Å². The first kappa shape index (κ1) is 13.0. The third kappa shape index (κ3) is 1.90. The minimum absolute atomic E-state index is 0.627. The van der Waals surface area contributed by atoms with Crippen molar-refractivity contribution in [3.8, 4) is 6.07 Å². The average Bonchev–Trinajstić information content (AvgIpc) is 2.88. The molecule has 0 fully saturated rings. The van der Waals surface area contributed by atoms with E-state index in [1.165, 1.54) is 16.2 Å². The van der Waals surface area contributed by atoms with Crippen molar-refractivity contribution in [2.75, 3.05) is 17.2 Å². The van der Waals surface area contributed by atoms with Crippen LogP contribution < -0.4 is 10.6 Å². The third-order valence-electron chi connectivity index (χ3n) is 4.02. The molecule has 2 N–H and O–H groups in total. The van der Waals surface area contributed by atoms with Crippen molar-refractivity contribution in [3.05, 3.63) is 46.6 Å². The van der Waals surface area contributed by atoms with Crippen LogP contribution >= 0.6 is 11.3 Å². The maximum Gasteiger partial charge on any atom is 0.140 e. The first-order valence-electron chi connectivity index (χ1n) is 7.02. The van der Waals surface area contributed by atoms with Gasteiger partial charge >= 0.3 is 0 Å². The molecular weight excluding hydrogens is 294 g/mol. The molecule has 0 atom stereocenters. The number of nitriles is 1. The molecule has 4 rings (SSSR count). The Labute approximate surface area is 131 Å². The summed E-state index contributed by atoms with van der Waals surface area (Å²) in [5.41, 5.74) is 8.67. The fourth-order valence-corrected chi connectivity index (χ4v) is 4.05. The van der Waals surface area contributed by atoms with Gasteiger partial charge in [0.05, 0.1) is 17.6 Å². The fraction of sp³-hybridized carbons (Fsp3) is 0.188. The van der Waals surface area contributed by atoms with Crippen LogP contribution in [0.15, 0.2) is 30.6 Å². The summed E-state index contributed by atoms with van der Waals surface area (Å²) < 4.78 is 0. The lowest BCUT2D eigenvalue weighted by Gasteiger charge is -2.28. The van der Waals surface area contributed by atoms with Gasteiger partial charge in [0.15, 0.2) is 0 Å². The molecule has 0 aliphatic carbocycles. The average molecular weight is 307 g/mol. The van der Waals surface area contributed by atoms with Crippen molar-refractivity contribution >= 4 is 33.1 Å². The van der Waals surface area contributed by atoms with E-state index in [1.807, 2.05) is 24.3 Å². The largest absolute Gasteiger partial charge is 0.389 e. The Morgan fingerprint density at radius 2 is 2.14 bits per heavy atom. The first-order chi connectivity index (χ1) is 10.8. The van der Waals surface area contributed by atoms with Crippen molar-refractivity contribution in [2.45, 2.75) is 13.0 Å². The molecule has 0 bridgehead atoms. The van der Waals surface area contributed by atoms with Crippen molar-refractivity contribution in [2.24, 2.45) is 0 Å². The van der Waals surface area contributed by atoms with Gasteiger partial charge in [0.1, 0.15) is 23.2 Å². The van der Waals surface area contributed by atoms with E-state index in [4.69, 9.17) is 5.73 Å². The summed E-state index contributed by atoms with van der Waals surface area (Å²) in [6, 6.07) is 10.2. The highest BCUT2D eigenvalue weighted by Gasteiger charge is 2.25. The number of para-hydroxylation sites is 1. The number of thiophene rings is 1. The lowest BCUT2D eigenvalue weighted by Crippen LogP contribution is -2.30. The molecule has 108 valence electrons. The standard InChI is InChI=1S/C16H13N5S/c17-7-12-10-5-6-21(8-14(10)22-15(12)18)16-11-3-1-2-4-13(11)19-9-20-16/h1-4,9H,5-6,8,18H2. The number of hydrogen-bond acceptors (Lipinski definition) is 6. The van der Waals surface area contributed by atoms with Gasteiger partial charge in [-0.05, 0) is 24.1 Å². The Morgan fingerprint density at radius 3 is 3.00 bits per heavy atom. The zero-order valence-electron chi connectivity index (χ0n) is 11.8. The molecule has 0 saturated carbocycles. The molecule has 3 aromatic rings. The topological polar surface area (TPSA) is 78.8 Å². The Bertz CT molecular complexity index is 903. The van der Waals surface area contributed by atoms with Crippen LogP contribution in [0.2, 0.25) is 0 Å². The van der Waals surface area contributed by atoms with E-state index < -0.39 is 0 Å². The Morgan fingerprint density at radius 1 is 1.27 bits per heavy atom. The van der Waals surface area contributed by atoms with Gasteiger partial charge in [0.2, 0.25) is 0 Å². The van der Waals surface area contributed by atoms with E-state index >= 15 is 0 Å². The van der Waals surface area contributed by atoms with Crippen molar-refractivity contribution < 1.29 is 0 Å². The van der Waals surface area contributed by atoms with Crippen LogP contribution in [0.1, 0.15) is 16.0 Å². The zero-order valence-corrected chi connectivity index (χ0v) is 12.6. The van der Waals surface area contributed by atoms with E-state index in [-0.39, 0.29) is 0 Å². The molecule has 0 spiro atoms. The fourth-order valence-electron chi connectivity index (χ4n) is 2.97. The lowest BCUT2D eigenvalue weighted by molar-refractivity contribution is 0.734. The summed E-state index contributed by atoms with van der Waals surface area (Å²) in [6.07, 6.45) is 2.43. The minimum atomic E-state index is 0.627. The second-order valence-electron chi connectivity index (χ2n) is 5.24. The Balaban J connectivity index is 1.77. The van der Waals surface area contributed by atoms with Crippen LogP contribution in [0.25, 0.3) is 10.9 Å². The third-order valence-corrected chi connectivity index (χ3v) is 5.06. The molecular formula is C16H13N5S.